The summed E-state index contributed by atoms with van der Waals surface area (Å²) < 4.78 is 0. The summed E-state index contributed by atoms with van der Waals surface area (Å²) in [5.41, 5.74) is -1.23. The maximum absolute atomic E-state index is 12.0. The molecule has 1 atom stereocenters. The number of hydrogen-bond acceptors (Lipinski definition) is 4. The maximum Gasteiger partial charge on any atom is 0.345 e. The lowest BCUT2D eigenvalue weighted by atomic mass is 9.94. The topological polar surface area (TPSA) is 80.4 Å². The standard InChI is InChI=1S/C13H11NO4/c15-12(10-4-2-1-3-5-10)11-6-8-13(16,9-7-11)14(17)18/h1-8,16H,9H2. The Morgan fingerprint density at radius 3 is 2.50 bits per heavy atom. The van der Waals surface area contributed by atoms with Crippen LogP contribution in [0, 0.1) is 10.1 Å². The van der Waals surface area contributed by atoms with Crippen LogP contribution >= 0.6 is 0 Å². The van der Waals surface area contributed by atoms with E-state index in [1.807, 2.05) is 0 Å². The number of allylic oxidation sites excluding steroid dienone is 2. The first-order chi connectivity index (χ1) is 8.53. The molecule has 1 aromatic rings. The predicted octanol–water partition coefficient (Wildman–Crippen LogP) is 1.72. The van der Waals surface area contributed by atoms with Crippen LogP contribution in [0.3, 0.4) is 0 Å². The smallest absolute Gasteiger partial charge is 0.327 e. The number of benzene rings is 1. The molecule has 0 aromatic heterocycles. The third-order valence-electron chi connectivity index (χ3n) is 2.77. The van der Waals surface area contributed by atoms with Crippen LogP contribution in [0.5, 0.6) is 0 Å². The molecule has 92 valence electrons. The zero-order chi connectivity index (χ0) is 13.2. The zero-order valence-corrected chi connectivity index (χ0v) is 9.45. The molecule has 0 amide bonds. The number of aliphatic hydroxyl groups is 1. The summed E-state index contributed by atoms with van der Waals surface area (Å²) in [5.74, 6) is -0.211. The van der Waals surface area contributed by atoms with Crippen molar-refractivity contribution in [3.05, 3.63) is 69.8 Å². The second kappa shape index (κ2) is 4.54. The van der Waals surface area contributed by atoms with Crippen LogP contribution < -0.4 is 0 Å². The van der Waals surface area contributed by atoms with E-state index in [1.165, 1.54) is 12.2 Å². The Labute approximate surface area is 103 Å². The Morgan fingerprint density at radius 1 is 1.33 bits per heavy atom. The Balaban J connectivity index is 2.20. The van der Waals surface area contributed by atoms with Crippen molar-refractivity contribution >= 4 is 5.78 Å². The van der Waals surface area contributed by atoms with Gasteiger partial charge in [-0.2, -0.15) is 0 Å². The van der Waals surface area contributed by atoms with E-state index in [9.17, 15) is 20.0 Å². The number of ketones is 1. The van der Waals surface area contributed by atoms with Gasteiger partial charge in [0.15, 0.2) is 5.78 Å². The monoisotopic (exact) mass is 245 g/mol. The van der Waals surface area contributed by atoms with E-state index >= 15 is 0 Å². The minimum Gasteiger partial charge on any atom is -0.327 e. The van der Waals surface area contributed by atoms with E-state index in [0.29, 0.717) is 11.1 Å². The van der Waals surface area contributed by atoms with Gasteiger partial charge in [-0.3, -0.25) is 14.9 Å². The first-order valence-corrected chi connectivity index (χ1v) is 5.39. The van der Waals surface area contributed by atoms with E-state index < -0.39 is 10.6 Å². The summed E-state index contributed by atoms with van der Waals surface area (Å²) in [6.45, 7) is 0. The largest absolute Gasteiger partial charge is 0.345 e. The summed E-state index contributed by atoms with van der Waals surface area (Å²) >= 11 is 0. The lowest BCUT2D eigenvalue weighted by molar-refractivity contribution is -0.607. The van der Waals surface area contributed by atoms with Crippen LogP contribution in [0.15, 0.2) is 54.1 Å². The molecule has 0 bridgehead atoms. The zero-order valence-electron chi connectivity index (χ0n) is 9.45. The van der Waals surface area contributed by atoms with Crippen LogP contribution in [-0.4, -0.2) is 21.5 Å². The van der Waals surface area contributed by atoms with Crippen molar-refractivity contribution in [2.45, 2.75) is 12.1 Å². The van der Waals surface area contributed by atoms with Crippen molar-refractivity contribution in [1.82, 2.24) is 0 Å². The SMILES string of the molecule is O=C(C1=CCC(O)([N+](=O)[O-])C=C1)c1ccccc1. The van der Waals surface area contributed by atoms with E-state index in [0.717, 1.165) is 6.08 Å². The molecule has 0 spiro atoms. The predicted molar refractivity (Wildman–Crippen MR) is 64.6 cm³/mol. The molecule has 0 heterocycles. The molecule has 0 saturated heterocycles. The van der Waals surface area contributed by atoms with Crippen molar-refractivity contribution in [1.29, 1.82) is 0 Å². The molecule has 1 N–H and O–H groups in total. The quantitative estimate of drug-likeness (QED) is 0.380. The summed E-state index contributed by atoms with van der Waals surface area (Å²) in [4.78, 5) is 21.8. The van der Waals surface area contributed by atoms with Crippen LogP contribution in [0.25, 0.3) is 0 Å². The summed E-state index contributed by atoms with van der Waals surface area (Å²) in [7, 11) is 0. The van der Waals surface area contributed by atoms with Gasteiger partial charge in [0.1, 0.15) is 0 Å². The lowest BCUT2D eigenvalue weighted by Crippen LogP contribution is -2.36. The third-order valence-corrected chi connectivity index (χ3v) is 2.77. The lowest BCUT2D eigenvalue weighted by Gasteiger charge is -2.17. The highest BCUT2D eigenvalue weighted by Crippen LogP contribution is 2.23. The molecule has 1 aliphatic carbocycles. The highest BCUT2D eigenvalue weighted by Gasteiger charge is 2.38. The van der Waals surface area contributed by atoms with Gasteiger partial charge >= 0.3 is 5.72 Å². The van der Waals surface area contributed by atoms with Gasteiger partial charge in [0.05, 0.1) is 11.3 Å². The van der Waals surface area contributed by atoms with E-state index in [4.69, 9.17) is 0 Å². The van der Waals surface area contributed by atoms with Crippen molar-refractivity contribution < 1.29 is 14.8 Å². The first kappa shape index (κ1) is 12.2. The van der Waals surface area contributed by atoms with Crippen molar-refractivity contribution in [3.8, 4) is 0 Å². The molecule has 1 aromatic carbocycles. The second-order valence-corrected chi connectivity index (χ2v) is 4.03. The average Bonchev–Trinajstić information content (AvgIpc) is 2.40. The van der Waals surface area contributed by atoms with Crippen LogP contribution in [0.2, 0.25) is 0 Å². The highest BCUT2D eigenvalue weighted by molar-refractivity contribution is 6.10. The third kappa shape index (κ3) is 2.21. The fourth-order valence-electron chi connectivity index (χ4n) is 1.68. The molecule has 0 radical (unpaired) electrons. The minimum atomic E-state index is -2.10. The van der Waals surface area contributed by atoms with Gasteiger partial charge in [-0.05, 0) is 6.08 Å². The number of rotatable bonds is 3. The van der Waals surface area contributed by atoms with Gasteiger partial charge in [-0.1, -0.05) is 36.4 Å². The van der Waals surface area contributed by atoms with Gasteiger partial charge in [0, 0.05) is 17.2 Å². The van der Waals surface area contributed by atoms with Gasteiger partial charge in [-0.15, -0.1) is 0 Å². The first-order valence-electron chi connectivity index (χ1n) is 5.39. The minimum absolute atomic E-state index is 0.204. The molecule has 0 fully saturated rings. The number of carbonyl (C=O) groups is 1. The van der Waals surface area contributed by atoms with Gasteiger partial charge < -0.3 is 5.11 Å². The van der Waals surface area contributed by atoms with Gasteiger partial charge in [0.2, 0.25) is 0 Å². The molecule has 0 saturated carbocycles. The molecule has 5 nitrogen and oxygen atoms in total. The molecule has 1 unspecified atom stereocenters. The van der Waals surface area contributed by atoms with Gasteiger partial charge in [0.25, 0.3) is 0 Å². The van der Waals surface area contributed by atoms with Crippen LogP contribution in [-0.2, 0) is 0 Å². The van der Waals surface area contributed by atoms with Crippen molar-refractivity contribution in [2.24, 2.45) is 0 Å². The normalized spacial score (nSPS) is 22.4. The number of Topliss-reactive ketones (excluding diaryl/α,β-unsaturated/α-hetero) is 1. The fourth-order valence-corrected chi connectivity index (χ4v) is 1.68. The average molecular weight is 245 g/mol. The Bertz CT molecular complexity index is 547. The Kier molecular flexibility index (Phi) is 3.08. The van der Waals surface area contributed by atoms with Crippen molar-refractivity contribution in [3.63, 3.8) is 0 Å². The number of hydrogen-bond donors (Lipinski definition) is 1. The highest BCUT2D eigenvalue weighted by atomic mass is 16.7. The second-order valence-electron chi connectivity index (χ2n) is 4.03. The van der Waals surface area contributed by atoms with Gasteiger partial charge in [-0.25, -0.2) is 0 Å². The number of nitro groups is 1. The summed E-state index contributed by atoms with van der Waals surface area (Å²) in [6, 6.07) is 8.63. The molecule has 0 aliphatic heterocycles. The molecule has 5 heteroatoms. The maximum atomic E-state index is 12.0. The molecule has 2 rings (SSSR count). The molecular formula is C13H11NO4. The number of carbonyl (C=O) groups excluding carboxylic acids is 1. The molecule has 18 heavy (non-hydrogen) atoms. The summed E-state index contributed by atoms with van der Waals surface area (Å²) in [5, 5.41) is 20.2. The van der Waals surface area contributed by atoms with Crippen molar-refractivity contribution in [2.75, 3.05) is 0 Å². The van der Waals surface area contributed by atoms with Crippen LogP contribution in [0.1, 0.15) is 16.8 Å². The molecule has 1 aliphatic rings. The fraction of sp³-hybridized carbons (Fsp3) is 0.154. The Hall–Kier alpha value is -2.27. The van der Waals surface area contributed by atoms with Crippen LogP contribution in [0.4, 0.5) is 0 Å². The van der Waals surface area contributed by atoms with E-state index in [1.54, 1.807) is 30.3 Å². The summed E-state index contributed by atoms with van der Waals surface area (Å²) in [6.07, 6.45) is 3.52. The van der Waals surface area contributed by atoms with E-state index in [2.05, 4.69) is 0 Å². The Morgan fingerprint density at radius 2 is 2.00 bits per heavy atom. The number of nitrogens with zero attached hydrogens (tertiary/aromatic N) is 1. The van der Waals surface area contributed by atoms with E-state index in [-0.39, 0.29) is 12.2 Å². The molecular weight excluding hydrogens is 234 g/mol.